The molecule has 0 unspecified atom stereocenters. The number of nitrogens with zero attached hydrogens (tertiary/aromatic N) is 2. The lowest BCUT2D eigenvalue weighted by Crippen LogP contribution is -2.04. The summed E-state index contributed by atoms with van der Waals surface area (Å²) in [7, 11) is 0. The van der Waals surface area contributed by atoms with Crippen molar-refractivity contribution in [3.63, 3.8) is 0 Å². The summed E-state index contributed by atoms with van der Waals surface area (Å²) in [5.74, 6) is 0. The standard InChI is InChI=1S/C16H21N3/c1-11-7-8-13(9-12(11)2)16-15(17)10-19(18-16)14-5-3-4-6-14/h7-10,14H,3-6,17H2,1-2H3. The topological polar surface area (TPSA) is 43.8 Å². The molecule has 19 heavy (non-hydrogen) atoms. The van der Waals surface area contributed by atoms with Gasteiger partial charge in [-0.15, -0.1) is 0 Å². The Morgan fingerprint density at radius 1 is 1.16 bits per heavy atom. The number of nitrogens with two attached hydrogens (primary N) is 1. The second kappa shape index (κ2) is 4.72. The molecule has 0 spiro atoms. The van der Waals surface area contributed by atoms with Crippen LogP contribution in [0.15, 0.2) is 24.4 Å². The highest BCUT2D eigenvalue weighted by molar-refractivity contribution is 5.72. The molecule has 0 atom stereocenters. The molecule has 0 saturated heterocycles. The van der Waals surface area contributed by atoms with Crippen molar-refractivity contribution in [2.24, 2.45) is 0 Å². The second-order valence-corrected chi connectivity index (χ2v) is 5.65. The number of aryl methyl sites for hydroxylation is 2. The highest BCUT2D eigenvalue weighted by atomic mass is 15.3. The Labute approximate surface area is 114 Å². The molecule has 3 heteroatoms. The average Bonchev–Trinajstić information content (AvgIpc) is 3.01. The third-order valence-corrected chi connectivity index (χ3v) is 4.24. The number of benzene rings is 1. The first-order valence-electron chi connectivity index (χ1n) is 7.07. The van der Waals surface area contributed by atoms with Gasteiger partial charge >= 0.3 is 0 Å². The molecule has 2 aromatic rings. The molecule has 1 aliphatic carbocycles. The maximum atomic E-state index is 6.15. The fraction of sp³-hybridized carbons (Fsp3) is 0.438. The Hall–Kier alpha value is -1.77. The molecule has 1 fully saturated rings. The van der Waals surface area contributed by atoms with E-state index in [1.54, 1.807) is 0 Å². The van der Waals surface area contributed by atoms with Gasteiger partial charge in [0, 0.05) is 11.8 Å². The summed E-state index contributed by atoms with van der Waals surface area (Å²) < 4.78 is 2.08. The van der Waals surface area contributed by atoms with E-state index in [-0.39, 0.29) is 0 Å². The van der Waals surface area contributed by atoms with Crippen molar-refractivity contribution < 1.29 is 0 Å². The zero-order chi connectivity index (χ0) is 13.4. The van der Waals surface area contributed by atoms with Crippen molar-refractivity contribution >= 4 is 5.69 Å². The Bertz CT molecular complexity index is 592. The first-order chi connectivity index (χ1) is 9.15. The highest BCUT2D eigenvalue weighted by Crippen LogP contribution is 2.32. The van der Waals surface area contributed by atoms with Crippen LogP contribution in [0.5, 0.6) is 0 Å². The molecule has 3 rings (SSSR count). The minimum atomic E-state index is 0.544. The number of nitrogen functional groups attached to an aromatic ring is 1. The molecule has 2 N–H and O–H groups in total. The number of aromatic nitrogens is 2. The van der Waals surface area contributed by atoms with Crippen molar-refractivity contribution in [1.29, 1.82) is 0 Å². The van der Waals surface area contributed by atoms with Gasteiger partial charge in [-0.05, 0) is 43.9 Å². The Kier molecular flexibility index (Phi) is 3.05. The van der Waals surface area contributed by atoms with Gasteiger partial charge in [0.05, 0.1) is 11.7 Å². The molecule has 1 saturated carbocycles. The molecule has 0 radical (unpaired) electrons. The summed E-state index contributed by atoms with van der Waals surface area (Å²) in [6.07, 6.45) is 7.08. The van der Waals surface area contributed by atoms with Gasteiger partial charge in [0.15, 0.2) is 0 Å². The normalized spacial score (nSPS) is 16.1. The van der Waals surface area contributed by atoms with E-state index in [1.165, 1.54) is 36.8 Å². The van der Waals surface area contributed by atoms with Crippen molar-refractivity contribution in [2.45, 2.75) is 45.6 Å². The zero-order valence-electron chi connectivity index (χ0n) is 11.7. The highest BCUT2D eigenvalue weighted by Gasteiger charge is 2.19. The van der Waals surface area contributed by atoms with E-state index in [0.717, 1.165) is 16.9 Å². The molecule has 1 aliphatic rings. The quantitative estimate of drug-likeness (QED) is 0.885. The van der Waals surface area contributed by atoms with Crippen LogP contribution >= 0.6 is 0 Å². The lowest BCUT2D eigenvalue weighted by molar-refractivity contribution is 0.468. The predicted molar refractivity (Wildman–Crippen MR) is 79.1 cm³/mol. The second-order valence-electron chi connectivity index (χ2n) is 5.65. The van der Waals surface area contributed by atoms with E-state index in [0.29, 0.717) is 6.04 Å². The van der Waals surface area contributed by atoms with Gasteiger partial charge in [0.25, 0.3) is 0 Å². The van der Waals surface area contributed by atoms with E-state index >= 15 is 0 Å². The molecule has 0 aliphatic heterocycles. The minimum Gasteiger partial charge on any atom is -0.396 e. The zero-order valence-corrected chi connectivity index (χ0v) is 11.7. The molecule has 3 nitrogen and oxygen atoms in total. The summed E-state index contributed by atoms with van der Waals surface area (Å²) >= 11 is 0. The Morgan fingerprint density at radius 2 is 1.89 bits per heavy atom. The lowest BCUT2D eigenvalue weighted by Gasteiger charge is -2.08. The van der Waals surface area contributed by atoms with Gasteiger partial charge in [0.1, 0.15) is 5.69 Å². The SMILES string of the molecule is Cc1ccc(-c2nn(C3CCCC3)cc2N)cc1C. The number of anilines is 1. The first kappa shape index (κ1) is 12.3. The summed E-state index contributed by atoms with van der Waals surface area (Å²) in [5, 5.41) is 4.72. The molecular weight excluding hydrogens is 234 g/mol. The number of hydrogen-bond acceptors (Lipinski definition) is 2. The van der Waals surface area contributed by atoms with Crippen LogP contribution in [0.25, 0.3) is 11.3 Å². The van der Waals surface area contributed by atoms with Crippen LogP contribution in [0.1, 0.15) is 42.9 Å². The van der Waals surface area contributed by atoms with Crippen LogP contribution in [0.2, 0.25) is 0 Å². The van der Waals surface area contributed by atoms with Gasteiger partial charge < -0.3 is 5.73 Å². The van der Waals surface area contributed by atoms with Crippen LogP contribution in [0, 0.1) is 13.8 Å². The minimum absolute atomic E-state index is 0.544. The Morgan fingerprint density at radius 3 is 2.58 bits per heavy atom. The molecule has 1 heterocycles. The van der Waals surface area contributed by atoms with Gasteiger partial charge in [-0.1, -0.05) is 25.0 Å². The van der Waals surface area contributed by atoms with Gasteiger partial charge in [0.2, 0.25) is 0 Å². The van der Waals surface area contributed by atoms with Crippen LogP contribution < -0.4 is 5.73 Å². The van der Waals surface area contributed by atoms with Gasteiger partial charge in [-0.25, -0.2) is 0 Å². The third kappa shape index (κ3) is 2.25. The van der Waals surface area contributed by atoms with Crippen LogP contribution in [0.3, 0.4) is 0 Å². The van der Waals surface area contributed by atoms with E-state index < -0.39 is 0 Å². The fourth-order valence-corrected chi connectivity index (χ4v) is 2.87. The number of hydrogen-bond donors (Lipinski definition) is 1. The molecule has 1 aromatic carbocycles. The van der Waals surface area contributed by atoms with Crippen molar-refractivity contribution in [1.82, 2.24) is 9.78 Å². The maximum Gasteiger partial charge on any atom is 0.115 e. The molecule has 0 amide bonds. The lowest BCUT2D eigenvalue weighted by atomic mass is 10.0. The molecule has 100 valence electrons. The van der Waals surface area contributed by atoms with Crippen LogP contribution in [0.4, 0.5) is 5.69 Å². The summed E-state index contributed by atoms with van der Waals surface area (Å²) in [6, 6.07) is 6.97. The fourth-order valence-electron chi connectivity index (χ4n) is 2.87. The Balaban J connectivity index is 1.97. The first-order valence-corrected chi connectivity index (χ1v) is 7.07. The number of rotatable bonds is 2. The van der Waals surface area contributed by atoms with Gasteiger partial charge in [-0.2, -0.15) is 5.10 Å². The van der Waals surface area contributed by atoms with E-state index in [2.05, 4.69) is 36.7 Å². The van der Waals surface area contributed by atoms with Crippen LogP contribution in [-0.4, -0.2) is 9.78 Å². The largest absolute Gasteiger partial charge is 0.396 e. The van der Waals surface area contributed by atoms with E-state index in [1.807, 2.05) is 6.20 Å². The summed E-state index contributed by atoms with van der Waals surface area (Å²) in [6.45, 7) is 4.25. The monoisotopic (exact) mass is 255 g/mol. The van der Waals surface area contributed by atoms with E-state index in [9.17, 15) is 0 Å². The molecular formula is C16H21N3. The van der Waals surface area contributed by atoms with Crippen LogP contribution in [-0.2, 0) is 0 Å². The third-order valence-electron chi connectivity index (χ3n) is 4.24. The summed E-state index contributed by atoms with van der Waals surface area (Å²) in [4.78, 5) is 0. The maximum absolute atomic E-state index is 6.15. The smallest absolute Gasteiger partial charge is 0.115 e. The van der Waals surface area contributed by atoms with Crippen molar-refractivity contribution in [3.8, 4) is 11.3 Å². The molecule has 1 aromatic heterocycles. The average molecular weight is 255 g/mol. The summed E-state index contributed by atoms with van der Waals surface area (Å²) in [5.41, 5.74) is 11.6. The van der Waals surface area contributed by atoms with Crippen molar-refractivity contribution in [3.05, 3.63) is 35.5 Å². The van der Waals surface area contributed by atoms with Gasteiger partial charge in [-0.3, -0.25) is 4.68 Å². The predicted octanol–water partition coefficient (Wildman–Crippen LogP) is 3.86. The molecule has 0 bridgehead atoms. The van der Waals surface area contributed by atoms with Crippen molar-refractivity contribution in [2.75, 3.05) is 5.73 Å². The van der Waals surface area contributed by atoms with E-state index in [4.69, 9.17) is 10.8 Å².